The molecule has 1 spiro atoms. The van der Waals surface area contributed by atoms with E-state index in [-0.39, 0.29) is 18.2 Å². The number of ether oxygens (including phenoxy) is 1. The molecule has 8 nitrogen and oxygen atoms in total. The Kier molecular flexibility index (Phi) is 9.51. The van der Waals surface area contributed by atoms with Gasteiger partial charge in [0, 0.05) is 70.4 Å². The quantitative estimate of drug-likeness (QED) is 0.297. The fraction of sp³-hybridized carbons (Fsp3) is 0.429. The molecule has 0 atom stereocenters. The maximum atomic E-state index is 12.9. The van der Waals surface area contributed by atoms with Crippen LogP contribution in [0.2, 0.25) is 0 Å². The van der Waals surface area contributed by atoms with E-state index < -0.39 is 17.3 Å². The highest BCUT2D eigenvalue weighted by Crippen LogP contribution is 2.35. The molecular formula is C35H40F3N5O3. The highest BCUT2D eigenvalue weighted by Gasteiger charge is 2.46. The van der Waals surface area contributed by atoms with E-state index in [1.54, 1.807) is 4.90 Å². The third-order valence-electron chi connectivity index (χ3n) is 9.25. The summed E-state index contributed by atoms with van der Waals surface area (Å²) in [5, 5.41) is 6.02. The fourth-order valence-corrected chi connectivity index (χ4v) is 6.59. The van der Waals surface area contributed by atoms with Crippen LogP contribution in [0.3, 0.4) is 0 Å². The van der Waals surface area contributed by atoms with Gasteiger partial charge in [-0.1, -0.05) is 54.6 Å². The van der Waals surface area contributed by atoms with E-state index in [0.29, 0.717) is 51.3 Å². The van der Waals surface area contributed by atoms with E-state index >= 15 is 0 Å². The van der Waals surface area contributed by atoms with Gasteiger partial charge >= 0.3 is 18.3 Å². The van der Waals surface area contributed by atoms with Crippen LogP contribution < -0.4 is 10.6 Å². The van der Waals surface area contributed by atoms with Crippen LogP contribution in [0, 0.1) is 0 Å². The summed E-state index contributed by atoms with van der Waals surface area (Å²) in [6.07, 6.45) is -1.54. The Hall–Kier alpha value is -4.09. The summed E-state index contributed by atoms with van der Waals surface area (Å²) in [6.45, 7) is 5.64. The Bertz CT molecular complexity index is 1470. The molecule has 3 aliphatic rings. The van der Waals surface area contributed by atoms with Gasteiger partial charge in [0.25, 0.3) is 0 Å². The van der Waals surface area contributed by atoms with E-state index in [0.717, 1.165) is 55.7 Å². The van der Waals surface area contributed by atoms with Crippen molar-refractivity contribution < 1.29 is 27.5 Å². The molecule has 6 rings (SSSR count). The van der Waals surface area contributed by atoms with Gasteiger partial charge in [0.1, 0.15) is 5.60 Å². The topological polar surface area (TPSA) is 77.1 Å². The lowest BCUT2D eigenvalue weighted by Gasteiger charge is -2.37. The minimum Gasteiger partial charge on any atom is -0.441 e. The number of halogens is 3. The molecule has 3 amide bonds. The van der Waals surface area contributed by atoms with E-state index in [1.165, 1.54) is 17.7 Å². The molecule has 11 heteroatoms. The van der Waals surface area contributed by atoms with Crippen LogP contribution in [-0.4, -0.2) is 71.2 Å². The molecule has 0 saturated carbocycles. The molecule has 3 fully saturated rings. The van der Waals surface area contributed by atoms with E-state index in [4.69, 9.17) is 4.74 Å². The summed E-state index contributed by atoms with van der Waals surface area (Å²) >= 11 is 0. The largest absolute Gasteiger partial charge is 0.441 e. The van der Waals surface area contributed by atoms with Crippen LogP contribution in [0.5, 0.6) is 0 Å². The number of hydrogen-bond acceptors (Lipinski definition) is 5. The summed E-state index contributed by atoms with van der Waals surface area (Å²) in [4.78, 5) is 31.7. The monoisotopic (exact) mass is 635 g/mol. The molecule has 3 aromatic rings. The molecule has 2 N–H and O–H groups in total. The normalized spacial score (nSPS) is 19.3. The van der Waals surface area contributed by atoms with Crippen molar-refractivity contribution in [1.82, 2.24) is 20.0 Å². The highest BCUT2D eigenvalue weighted by atomic mass is 19.4. The first-order chi connectivity index (χ1) is 22.1. The minimum absolute atomic E-state index is 0.136. The number of anilines is 1. The van der Waals surface area contributed by atoms with E-state index in [2.05, 4.69) is 44.7 Å². The van der Waals surface area contributed by atoms with Crippen molar-refractivity contribution in [3.05, 3.63) is 101 Å². The zero-order chi connectivity index (χ0) is 32.1. The van der Waals surface area contributed by atoms with Crippen molar-refractivity contribution in [3.8, 4) is 0 Å². The number of piperidine rings is 2. The van der Waals surface area contributed by atoms with Gasteiger partial charge in [-0.2, -0.15) is 13.2 Å². The van der Waals surface area contributed by atoms with Gasteiger partial charge < -0.3 is 15.4 Å². The maximum absolute atomic E-state index is 12.9. The number of rotatable bonds is 8. The lowest BCUT2D eigenvalue weighted by Crippen LogP contribution is -2.46. The molecule has 0 bridgehead atoms. The number of likely N-dealkylation sites (tertiary alicyclic amines) is 2. The Morgan fingerprint density at radius 3 is 1.98 bits per heavy atom. The molecule has 0 unspecified atom stereocenters. The molecule has 3 aromatic carbocycles. The van der Waals surface area contributed by atoms with Crippen molar-refractivity contribution in [3.63, 3.8) is 0 Å². The number of carbonyl (C=O) groups excluding carboxylic acids is 2. The van der Waals surface area contributed by atoms with Gasteiger partial charge in [0.05, 0.1) is 12.1 Å². The van der Waals surface area contributed by atoms with Crippen molar-refractivity contribution in [1.29, 1.82) is 0 Å². The number of amides is 3. The van der Waals surface area contributed by atoms with Crippen LogP contribution >= 0.6 is 0 Å². The number of hydrogen-bond donors (Lipinski definition) is 2. The zero-order valence-corrected chi connectivity index (χ0v) is 25.8. The SMILES string of the molecule is O=C(Nc1ccc(CN2CC3(CCN(Cc4ccc(C(F)(F)F)cc4)CC3)OC2=O)cc1)NC1CCN(Cc2ccccc2)CC1. The van der Waals surface area contributed by atoms with Crippen molar-refractivity contribution in [2.45, 2.75) is 63.1 Å². The standard InChI is InChI=1S/C35H40F3N5O3/c36-35(37,38)29-10-6-27(7-11-29)23-42-20-16-34(17-21-42)25-43(33(45)46-34)24-28-8-12-30(13-9-28)39-32(44)40-31-14-18-41(19-15-31)22-26-4-2-1-3-5-26/h1-13,31H,14-25H2,(H2,39,40,44). The molecule has 46 heavy (non-hydrogen) atoms. The smallest absolute Gasteiger partial charge is 0.416 e. The summed E-state index contributed by atoms with van der Waals surface area (Å²) < 4.78 is 44.5. The highest BCUT2D eigenvalue weighted by molar-refractivity contribution is 5.89. The first-order valence-corrected chi connectivity index (χ1v) is 15.9. The van der Waals surface area contributed by atoms with Gasteiger partial charge in [-0.15, -0.1) is 0 Å². The fourth-order valence-electron chi connectivity index (χ4n) is 6.59. The zero-order valence-electron chi connectivity index (χ0n) is 25.8. The molecule has 0 aliphatic carbocycles. The molecular weight excluding hydrogens is 595 g/mol. The second-order valence-corrected chi connectivity index (χ2v) is 12.7. The van der Waals surface area contributed by atoms with Gasteiger partial charge in [-0.25, -0.2) is 9.59 Å². The van der Waals surface area contributed by atoms with Crippen LogP contribution in [0.15, 0.2) is 78.9 Å². The van der Waals surface area contributed by atoms with Crippen molar-refractivity contribution in [2.75, 3.05) is 38.0 Å². The molecule has 0 radical (unpaired) electrons. The van der Waals surface area contributed by atoms with Gasteiger partial charge in [-0.3, -0.25) is 14.7 Å². The Labute approximate surface area is 267 Å². The Balaban J connectivity index is 0.918. The third kappa shape index (κ3) is 8.19. The lowest BCUT2D eigenvalue weighted by atomic mass is 9.91. The first kappa shape index (κ1) is 31.9. The number of nitrogens with zero attached hydrogens (tertiary/aromatic N) is 3. The summed E-state index contributed by atoms with van der Waals surface area (Å²) in [5.74, 6) is 0. The second kappa shape index (κ2) is 13.7. The number of nitrogens with one attached hydrogen (secondary N) is 2. The van der Waals surface area contributed by atoms with Crippen LogP contribution in [0.4, 0.5) is 28.4 Å². The summed E-state index contributed by atoms with van der Waals surface area (Å²) in [6, 6.07) is 23.1. The molecule has 244 valence electrons. The third-order valence-corrected chi connectivity index (χ3v) is 9.25. The molecule has 3 saturated heterocycles. The molecule has 0 aromatic heterocycles. The molecule has 3 heterocycles. The van der Waals surface area contributed by atoms with Crippen LogP contribution in [0.1, 0.15) is 47.9 Å². The van der Waals surface area contributed by atoms with E-state index in [9.17, 15) is 22.8 Å². The van der Waals surface area contributed by atoms with Gasteiger partial charge in [0.15, 0.2) is 0 Å². The number of urea groups is 1. The predicted octanol–water partition coefficient (Wildman–Crippen LogP) is 6.48. The number of benzene rings is 3. The lowest BCUT2D eigenvalue weighted by molar-refractivity contribution is -0.137. The predicted molar refractivity (Wildman–Crippen MR) is 169 cm³/mol. The minimum atomic E-state index is -4.34. The van der Waals surface area contributed by atoms with Gasteiger partial charge in [-0.05, 0) is 53.8 Å². The summed E-state index contributed by atoms with van der Waals surface area (Å²) in [5.41, 5.74) is 2.54. The van der Waals surface area contributed by atoms with E-state index in [1.807, 2.05) is 30.3 Å². The second-order valence-electron chi connectivity index (χ2n) is 12.7. The molecule has 3 aliphatic heterocycles. The van der Waals surface area contributed by atoms with Gasteiger partial charge in [0.2, 0.25) is 0 Å². The van der Waals surface area contributed by atoms with Crippen molar-refractivity contribution >= 4 is 17.8 Å². The Morgan fingerprint density at radius 2 is 1.35 bits per heavy atom. The van der Waals surface area contributed by atoms with Crippen LogP contribution in [0.25, 0.3) is 0 Å². The van der Waals surface area contributed by atoms with Crippen LogP contribution in [-0.2, 0) is 30.5 Å². The summed E-state index contributed by atoms with van der Waals surface area (Å²) in [7, 11) is 0. The number of alkyl halides is 3. The number of carbonyl (C=O) groups is 2. The average molecular weight is 636 g/mol. The van der Waals surface area contributed by atoms with Crippen molar-refractivity contribution in [2.24, 2.45) is 0 Å². The average Bonchev–Trinajstić information content (AvgIpc) is 3.34. The first-order valence-electron chi connectivity index (χ1n) is 15.9. The maximum Gasteiger partial charge on any atom is 0.416 e. The Morgan fingerprint density at radius 1 is 0.783 bits per heavy atom.